The summed E-state index contributed by atoms with van der Waals surface area (Å²) in [5.74, 6) is -1.53. The molecule has 0 aliphatic heterocycles. The lowest BCUT2D eigenvalue weighted by Crippen LogP contribution is -2.22. The van der Waals surface area contributed by atoms with E-state index in [1.165, 1.54) is 24.5 Å². The number of hydrogen-bond donors (Lipinski definition) is 0. The van der Waals surface area contributed by atoms with Crippen molar-refractivity contribution in [1.82, 2.24) is 4.98 Å². The normalized spacial score (nSPS) is 9.35. The molecule has 104 valence electrons. The molecule has 1 aromatic carbocycles. The van der Waals surface area contributed by atoms with Crippen LogP contribution in [0.15, 0.2) is 55.9 Å². The van der Waals surface area contributed by atoms with Gasteiger partial charge < -0.3 is 0 Å². The minimum atomic E-state index is -0.920. The zero-order valence-corrected chi connectivity index (χ0v) is 11.1. The van der Waals surface area contributed by atoms with Gasteiger partial charge in [-0.3, -0.25) is 9.78 Å². The SMILES string of the molecule is C=C.O=C(c1cccnc1)N(F)c1ccc(F)cc1Cl. The lowest BCUT2D eigenvalue weighted by atomic mass is 10.2. The van der Waals surface area contributed by atoms with Gasteiger partial charge in [0.15, 0.2) is 0 Å². The standard InChI is InChI=1S/C12H7ClF2N2O.C2H4/c13-10-6-9(14)3-4-11(10)17(15)12(18)8-2-1-5-16-7-8;1-2/h1-7H;1-2H2. The van der Waals surface area contributed by atoms with Crippen LogP contribution in [0.4, 0.5) is 14.6 Å². The van der Waals surface area contributed by atoms with E-state index >= 15 is 0 Å². The van der Waals surface area contributed by atoms with E-state index in [4.69, 9.17) is 11.6 Å². The van der Waals surface area contributed by atoms with Gasteiger partial charge >= 0.3 is 0 Å². The van der Waals surface area contributed by atoms with Crippen LogP contribution >= 0.6 is 11.6 Å². The van der Waals surface area contributed by atoms with Gasteiger partial charge in [0.2, 0.25) is 0 Å². The fraction of sp³-hybridized carbons (Fsp3) is 0. The van der Waals surface area contributed by atoms with Crippen molar-refractivity contribution < 1.29 is 13.7 Å². The van der Waals surface area contributed by atoms with Gasteiger partial charge in [0.05, 0.1) is 16.3 Å². The smallest absolute Gasteiger partial charge is 0.266 e. The van der Waals surface area contributed by atoms with Crippen LogP contribution in [-0.2, 0) is 0 Å². The molecule has 0 radical (unpaired) electrons. The molecule has 1 amide bonds. The van der Waals surface area contributed by atoms with Crippen LogP contribution in [0.1, 0.15) is 10.4 Å². The zero-order chi connectivity index (χ0) is 15.1. The average Bonchev–Trinajstić information content (AvgIpc) is 2.49. The molecule has 0 fully saturated rings. The number of nitrogens with zero attached hydrogens (tertiary/aromatic N) is 2. The maximum absolute atomic E-state index is 13.9. The molecular formula is C14H11ClF2N2O. The predicted octanol–water partition coefficient (Wildman–Crippen LogP) is 4.21. The second-order valence-corrected chi connectivity index (χ2v) is 3.83. The summed E-state index contributed by atoms with van der Waals surface area (Å²) < 4.78 is 26.7. The number of halogens is 3. The molecule has 3 nitrogen and oxygen atoms in total. The fourth-order valence-corrected chi connectivity index (χ4v) is 1.59. The Labute approximate surface area is 120 Å². The number of rotatable bonds is 2. The van der Waals surface area contributed by atoms with E-state index < -0.39 is 11.7 Å². The van der Waals surface area contributed by atoms with Crippen LogP contribution in [0, 0.1) is 5.82 Å². The van der Waals surface area contributed by atoms with Gasteiger partial charge in [-0.1, -0.05) is 16.1 Å². The van der Waals surface area contributed by atoms with E-state index in [2.05, 4.69) is 18.1 Å². The molecule has 0 saturated heterocycles. The number of amides is 1. The minimum Gasteiger partial charge on any atom is -0.266 e. The Bertz CT molecular complexity index is 593. The summed E-state index contributed by atoms with van der Waals surface area (Å²) in [6, 6.07) is 5.96. The number of anilines is 1. The van der Waals surface area contributed by atoms with E-state index in [-0.39, 0.29) is 21.4 Å². The maximum Gasteiger partial charge on any atom is 0.287 e. The predicted molar refractivity (Wildman–Crippen MR) is 74.8 cm³/mol. The highest BCUT2D eigenvalue weighted by molar-refractivity contribution is 6.33. The van der Waals surface area contributed by atoms with Gasteiger partial charge in [0.25, 0.3) is 5.91 Å². The third kappa shape index (κ3) is 3.61. The number of pyridine rings is 1. The van der Waals surface area contributed by atoms with Gasteiger partial charge in [0, 0.05) is 12.4 Å². The molecule has 1 heterocycles. The van der Waals surface area contributed by atoms with E-state index in [0.717, 1.165) is 18.2 Å². The van der Waals surface area contributed by atoms with E-state index in [9.17, 15) is 13.7 Å². The summed E-state index contributed by atoms with van der Waals surface area (Å²) in [6.45, 7) is 6.00. The Hall–Kier alpha value is -2.27. The largest absolute Gasteiger partial charge is 0.287 e. The summed E-state index contributed by atoms with van der Waals surface area (Å²) in [5, 5.41) is -0.326. The molecule has 1 aromatic heterocycles. The number of hydrogen-bond acceptors (Lipinski definition) is 2. The minimum absolute atomic E-state index is 0.0698. The van der Waals surface area contributed by atoms with Crippen molar-refractivity contribution in [3.05, 3.63) is 72.3 Å². The van der Waals surface area contributed by atoms with E-state index in [1.54, 1.807) is 0 Å². The fourth-order valence-electron chi connectivity index (χ4n) is 1.35. The molecule has 0 spiro atoms. The van der Waals surface area contributed by atoms with Crippen LogP contribution in [0.5, 0.6) is 0 Å². The molecule has 2 rings (SSSR count). The first-order valence-electron chi connectivity index (χ1n) is 5.45. The van der Waals surface area contributed by atoms with Crippen LogP contribution < -0.4 is 5.12 Å². The van der Waals surface area contributed by atoms with Gasteiger partial charge in [-0.2, -0.15) is 0 Å². The average molecular weight is 297 g/mol. The Kier molecular flexibility index (Phi) is 5.80. The molecule has 0 aliphatic carbocycles. The third-order valence-electron chi connectivity index (χ3n) is 2.21. The summed E-state index contributed by atoms with van der Waals surface area (Å²) in [5.41, 5.74) is -0.146. The molecule has 2 aromatic rings. The Balaban J connectivity index is 0.000000956. The molecule has 0 bridgehead atoms. The van der Waals surface area contributed by atoms with Gasteiger partial charge in [-0.05, 0) is 30.3 Å². The lowest BCUT2D eigenvalue weighted by molar-refractivity contribution is 0.0931. The van der Waals surface area contributed by atoms with Crippen LogP contribution in [0.25, 0.3) is 0 Å². The van der Waals surface area contributed by atoms with Crippen molar-refractivity contribution in [3.63, 3.8) is 0 Å². The second kappa shape index (κ2) is 7.35. The Morgan fingerprint density at radius 3 is 2.55 bits per heavy atom. The van der Waals surface area contributed by atoms with Crippen molar-refractivity contribution in [2.45, 2.75) is 0 Å². The quantitative estimate of drug-likeness (QED) is 0.614. The molecular weight excluding hydrogens is 286 g/mol. The number of carbonyl (C=O) groups is 1. The van der Waals surface area contributed by atoms with Gasteiger partial charge in [-0.15, -0.1) is 18.3 Å². The van der Waals surface area contributed by atoms with Crippen molar-refractivity contribution in [3.8, 4) is 0 Å². The van der Waals surface area contributed by atoms with Crippen LogP contribution in [-0.4, -0.2) is 10.9 Å². The summed E-state index contributed by atoms with van der Waals surface area (Å²) in [4.78, 5) is 15.5. The van der Waals surface area contributed by atoms with Crippen molar-refractivity contribution in [1.29, 1.82) is 0 Å². The third-order valence-corrected chi connectivity index (χ3v) is 2.51. The molecule has 0 saturated carbocycles. The number of aromatic nitrogens is 1. The first kappa shape index (κ1) is 15.8. The van der Waals surface area contributed by atoms with E-state index in [1.807, 2.05) is 0 Å². The summed E-state index contributed by atoms with van der Waals surface area (Å²) >= 11 is 5.67. The lowest BCUT2D eigenvalue weighted by Gasteiger charge is -2.13. The Morgan fingerprint density at radius 2 is 2.00 bits per heavy atom. The first-order chi connectivity index (χ1) is 9.59. The van der Waals surface area contributed by atoms with Crippen molar-refractivity contribution >= 4 is 23.2 Å². The second-order valence-electron chi connectivity index (χ2n) is 3.42. The van der Waals surface area contributed by atoms with Crippen molar-refractivity contribution in [2.24, 2.45) is 0 Å². The highest BCUT2D eigenvalue weighted by Crippen LogP contribution is 2.27. The monoisotopic (exact) mass is 296 g/mol. The zero-order valence-electron chi connectivity index (χ0n) is 10.4. The summed E-state index contributed by atoms with van der Waals surface area (Å²) in [7, 11) is 0. The molecule has 0 unspecified atom stereocenters. The molecule has 6 heteroatoms. The van der Waals surface area contributed by atoms with Crippen LogP contribution in [0.2, 0.25) is 5.02 Å². The Morgan fingerprint density at radius 1 is 1.30 bits per heavy atom. The molecule has 0 atom stereocenters. The molecule has 0 N–H and O–H groups in total. The molecule has 20 heavy (non-hydrogen) atoms. The van der Waals surface area contributed by atoms with Crippen LogP contribution in [0.3, 0.4) is 0 Å². The number of benzene rings is 1. The highest BCUT2D eigenvalue weighted by Gasteiger charge is 2.20. The first-order valence-corrected chi connectivity index (χ1v) is 5.82. The summed E-state index contributed by atoms with van der Waals surface area (Å²) in [6.07, 6.45) is 2.69. The molecule has 0 aliphatic rings. The maximum atomic E-state index is 13.9. The van der Waals surface area contributed by atoms with E-state index in [0.29, 0.717) is 0 Å². The highest BCUT2D eigenvalue weighted by atomic mass is 35.5. The number of carbonyl (C=O) groups excluding carboxylic acids is 1. The van der Waals surface area contributed by atoms with Gasteiger partial charge in [-0.25, -0.2) is 4.39 Å². The van der Waals surface area contributed by atoms with Crippen molar-refractivity contribution in [2.75, 3.05) is 5.12 Å². The van der Waals surface area contributed by atoms with Gasteiger partial charge in [0.1, 0.15) is 5.82 Å². The topological polar surface area (TPSA) is 33.2 Å².